The number of likely N-dealkylation sites (tertiary alicyclic amines) is 1. The maximum absolute atomic E-state index is 12.2. The van der Waals surface area contributed by atoms with Crippen LogP contribution in [0.5, 0.6) is 0 Å². The largest absolute Gasteiger partial charge is 0.405 e. The van der Waals surface area contributed by atoms with Crippen molar-refractivity contribution in [2.75, 3.05) is 19.6 Å². The van der Waals surface area contributed by atoms with Crippen molar-refractivity contribution in [1.29, 1.82) is 0 Å². The molecule has 1 fully saturated rings. The van der Waals surface area contributed by atoms with Crippen LogP contribution in [0.2, 0.25) is 0 Å². The highest BCUT2D eigenvalue weighted by molar-refractivity contribution is 5.82. The van der Waals surface area contributed by atoms with E-state index in [-0.39, 0.29) is 5.69 Å². The summed E-state index contributed by atoms with van der Waals surface area (Å²) in [5, 5.41) is 12.5. The lowest BCUT2D eigenvalue weighted by atomic mass is 10.1. The summed E-state index contributed by atoms with van der Waals surface area (Å²) in [6, 6.07) is 5.56. The summed E-state index contributed by atoms with van der Waals surface area (Å²) in [4.78, 5) is 23.9. The Labute approximate surface area is 136 Å². The Morgan fingerprint density at radius 1 is 1.33 bits per heavy atom. The Kier molecular flexibility index (Phi) is 5.76. The first-order chi connectivity index (χ1) is 11.3. The average Bonchev–Trinajstić information content (AvgIpc) is 2.99. The SMILES string of the molecule is O=C(NCC(F)(F)F)[C@@H]1CCCN1CCc1ccc([N+](=O)[O-])cc1. The van der Waals surface area contributed by atoms with Gasteiger partial charge in [-0.05, 0) is 31.4 Å². The van der Waals surface area contributed by atoms with Gasteiger partial charge in [0.1, 0.15) is 6.54 Å². The molecular weight excluding hydrogens is 327 g/mol. The lowest BCUT2D eigenvalue weighted by Gasteiger charge is -2.23. The van der Waals surface area contributed by atoms with Crippen molar-refractivity contribution in [1.82, 2.24) is 10.2 Å². The smallest absolute Gasteiger partial charge is 0.346 e. The van der Waals surface area contributed by atoms with Crippen molar-refractivity contribution >= 4 is 11.6 Å². The van der Waals surface area contributed by atoms with Crippen LogP contribution in [0.4, 0.5) is 18.9 Å². The highest BCUT2D eigenvalue weighted by Gasteiger charge is 2.33. The lowest BCUT2D eigenvalue weighted by Crippen LogP contribution is -2.46. The fourth-order valence-corrected chi connectivity index (χ4v) is 2.75. The van der Waals surface area contributed by atoms with Gasteiger partial charge < -0.3 is 5.32 Å². The molecule has 132 valence electrons. The quantitative estimate of drug-likeness (QED) is 0.634. The summed E-state index contributed by atoms with van der Waals surface area (Å²) >= 11 is 0. The number of hydrogen-bond donors (Lipinski definition) is 1. The third-order valence-corrected chi connectivity index (χ3v) is 3.96. The van der Waals surface area contributed by atoms with Crippen LogP contribution in [0.25, 0.3) is 0 Å². The Hall–Kier alpha value is -2.16. The van der Waals surface area contributed by atoms with Crippen molar-refractivity contribution in [2.24, 2.45) is 0 Å². The minimum absolute atomic E-state index is 0.00401. The van der Waals surface area contributed by atoms with Crippen molar-refractivity contribution in [3.05, 3.63) is 39.9 Å². The van der Waals surface area contributed by atoms with Gasteiger partial charge in [0.2, 0.25) is 5.91 Å². The van der Waals surface area contributed by atoms with E-state index in [4.69, 9.17) is 0 Å². The number of rotatable bonds is 6. The van der Waals surface area contributed by atoms with E-state index >= 15 is 0 Å². The van der Waals surface area contributed by atoms with Crippen LogP contribution in [0.15, 0.2) is 24.3 Å². The van der Waals surface area contributed by atoms with E-state index in [0.29, 0.717) is 25.9 Å². The van der Waals surface area contributed by atoms with Crippen LogP contribution in [0.3, 0.4) is 0 Å². The maximum Gasteiger partial charge on any atom is 0.405 e. The Bertz CT molecular complexity index is 590. The zero-order chi connectivity index (χ0) is 17.7. The molecule has 0 aromatic heterocycles. The van der Waals surface area contributed by atoms with Crippen LogP contribution in [-0.2, 0) is 11.2 Å². The van der Waals surface area contributed by atoms with Gasteiger partial charge in [-0.3, -0.25) is 19.8 Å². The molecule has 1 aromatic rings. The van der Waals surface area contributed by atoms with Gasteiger partial charge in [-0.15, -0.1) is 0 Å². The number of carbonyl (C=O) groups is 1. The molecule has 0 unspecified atom stereocenters. The van der Waals surface area contributed by atoms with Crippen LogP contribution in [0, 0.1) is 10.1 Å². The average molecular weight is 345 g/mol. The molecular formula is C15H18F3N3O3. The fourth-order valence-electron chi connectivity index (χ4n) is 2.75. The molecule has 1 aliphatic rings. The Balaban J connectivity index is 1.86. The summed E-state index contributed by atoms with van der Waals surface area (Å²) in [6.07, 6.45) is -2.56. The molecule has 1 aliphatic heterocycles. The first-order valence-electron chi connectivity index (χ1n) is 7.58. The molecule has 1 aromatic carbocycles. The van der Waals surface area contributed by atoms with Gasteiger partial charge in [0.05, 0.1) is 11.0 Å². The highest BCUT2D eigenvalue weighted by atomic mass is 19.4. The van der Waals surface area contributed by atoms with E-state index in [1.165, 1.54) is 12.1 Å². The predicted octanol–water partition coefficient (Wildman–Crippen LogP) is 2.28. The summed E-state index contributed by atoms with van der Waals surface area (Å²) in [5.41, 5.74) is 0.881. The molecule has 1 amide bonds. The second kappa shape index (κ2) is 7.61. The van der Waals surface area contributed by atoms with Gasteiger partial charge >= 0.3 is 6.18 Å². The van der Waals surface area contributed by atoms with Crippen molar-refractivity contribution in [3.8, 4) is 0 Å². The topological polar surface area (TPSA) is 75.5 Å². The number of non-ortho nitro benzene ring substituents is 1. The van der Waals surface area contributed by atoms with Crippen LogP contribution in [-0.4, -0.2) is 47.6 Å². The third kappa shape index (κ3) is 5.19. The van der Waals surface area contributed by atoms with Gasteiger partial charge in [0, 0.05) is 18.7 Å². The molecule has 0 aliphatic carbocycles. The predicted molar refractivity (Wildman–Crippen MR) is 80.5 cm³/mol. The molecule has 0 saturated carbocycles. The van der Waals surface area contributed by atoms with Crippen molar-refractivity contribution in [2.45, 2.75) is 31.5 Å². The number of hydrogen-bond acceptors (Lipinski definition) is 4. The van der Waals surface area contributed by atoms with E-state index < -0.39 is 29.6 Å². The molecule has 6 nitrogen and oxygen atoms in total. The number of nitrogens with zero attached hydrogens (tertiary/aromatic N) is 2. The summed E-state index contributed by atoms with van der Waals surface area (Å²) in [7, 11) is 0. The van der Waals surface area contributed by atoms with Gasteiger partial charge in [0.15, 0.2) is 0 Å². The summed E-state index contributed by atoms with van der Waals surface area (Å²) < 4.78 is 36.5. The third-order valence-electron chi connectivity index (χ3n) is 3.96. The first-order valence-corrected chi connectivity index (χ1v) is 7.58. The van der Waals surface area contributed by atoms with Crippen molar-refractivity contribution < 1.29 is 22.9 Å². The number of nitro groups is 1. The van der Waals surface area contributed by atoms with Crippen molar-refractivity contribution in [3.63, 3.8) is 0 Å². The molecule has 9 heteroatoms. The number of carbonyl (C=O) groups excluding carboxylic acids is 1. The number of nitro benzene ring substituents is 1. The monoisotopic (exact) mass is 345 g/mol. The second-order valence-corrected chi connectivity index (χ2v) is 5.70. The zero-order valence-corrected chi connectivity index (χ0v) is 12.9. The molecule has 0 spiro atoms. The van der Waals surface area contributed by atoms with E-state index in [2.05, 4.69) is 0 Å². The number of benzene rings is 1. The summed E-state index contributed by atoms with van der Waals surface area (Å²) in [6.45, 7) is -0.155. The molecule has 1 saturated heterocycles. The van der Waals surface area contributed by atoms with Crippen LogP contribution >= 0.6 is 0 Å². The number of nitrogens with one attached hydrogen (secondary N) is 1. The minimum Gasteiger partial charge on any atom is -0.346 e. The zero-order valence-electron chi connectivity index (χ0n) is 12.9. The van der Waals surface area contributed by atoms with Gasteiger partial charge in [-0.25, -0.2) is 0 Å². The van der Waals surface area contributed by atoms with Gasteiger partial charge in [0.25, 0.3) is 5.69 Å². The molecule has 0 bridgehead atoms. The Morgan fingerprint density at radius 3 is 2.58 bits per heavy atom. The minimum atomic E-state index is -4.42. The van der Waals surface area contributed by atoms with Gasteiger partial charge in [-0.2, -0.15) is 13.2 Å². The van der Waals surface area contributed by atoms with E-state index in [9.17, 15) is 28.1 Å². The first kappa shape index (κ1) is 18.2. The Morgan fingerprint density at radius 2 is 2.00 bits per heavy atom. The molecule has 2 rings (SSSR count). The molecule has 1 heterocycles. The highest BCUT2D eigenvalue weighted by Crippen LogP contribution is 2.20. The fraction of sp³-hybridized carbons (Fsp3) is 0.533. The number of amides is 1. The lowest BCUT2D eigenvalue weighted by molar-refractivity contribution is -0.384. The molecule has 1 atom stereocenters. The number of alkyl halides is 3. The van der Waals surface area contributed by atoms with Crippen LogP contribution < -0.4 is 5.32 Å². The van der Waals surface area contributed by atoms with Gasteiger partial charge in [-0.1, -0.05) is 12.1 Å². The second-order valence-electron chi connectivity index (χ2n) is 5.70. The number of halogens is 3. The normalized spacial score (nSPS) is 18.5. The standard InChI is InChI=1S/C15H18F3N3O3/c16-15(17,18)10-19-14(22)13-2-1-8-20(13)9-7-11-3-5-12(6-4-11)21(23)24/h3-6,13H,1-2,7-10H2,(H,19,22)/t13-/m0/s1. The maximum atomic E-state index is 12.2. The van der Waals surface area contributed by atoms with E-state index in [1.807, 2.05) is 10.2 Å². The van der Waals surface area contributed by atoms with E-state index in [1.54, 1.807) is 12.1 Å². The molecule has 0 radical (unpaired) electrons. The van der Waals surface area contributed by atoms with Crippen LogP contribution in [0.1, 0.15) is 18.4 Å². The summed E-state index contributed by atoms with van der Waals surface area (Å²) in [5.74, 6) is -0.603. The molecule has 24 heavy (non-hydrogen) atoms. The van der Waals surface area contributed by atoms with E-state index in [0.717, 1.165) is 12.0 Å². The molecule has 1 N–H and O–H groups in total.